The number of hydrogen-bond acceptors (Lipinski definition) is 3. The summed E-state index contributed by atoms with van der Waals surface area (Å²) in [6, 6.07) is 29.0. The van der Waals surface area contributed by atoms with Gasteiger partial charge in [0.2, 0.25) is 0 Å². The Morgan fingerprint density at radius 2 is 1.45 bits per heavy atom. The Morgan fingerprint density at radius 1 is 0.759 bits per heavy atom. The fraction of sp³-hybridized carbons (Fsp3) is 0.0400. The third kappa shape index (κ3) is 3.25. The highest BCUT2D eigenvalue weighted by molar-refractivity contribution is 6.02. The molecule has 0 amide bonds. The van der Waals surface area contributed by atoms with Gasteiger partial charge in [-0.25, -0.2) is 9.97 Å². The molecule has 0 unspecified atom stereocenters. The van der Waals surface area contributed by atoms with Crippen LogP contribution in [0.15, 0.2) is 97.5 Å². The minimum absolute atomic E-state index is 0.799. The topological polar surface area (TPSA) is 42.7 Å². The van der Waals surface area contributed by atoms with Gasteiger partial charge >= 0.3 is 0 Å². The van der Waals surface area contributed by atoms with Crippen molar-refractivity contribution in [3.8, 4) is 16.8 Å². The molecule has 0 aliphatic heterocycles. The van der Waals surface area contributed by atoms with Crippen LogP contribution in [0.1, 0.15) is 5.56 Å². The molecule has 0 fully saturated rings. The van der Waals surface area contributed by atoms with E-state index in [1.165, 1.54) is 5.56 Å². The van der Waals surface area contributed by atoms with E-state index in [4.69, 9.17) is 0 Å². The van der Waals surface area contributed by atoms with Gasteiger partial charge in [-0.1, -0.05) is 66.2 Å². The lowest BCUT2D eigenvalue weighted by Gasteiger charge is -2.09. The molecule has 0 aliphatic rings. The van der Waals surface area contributed by atoms with Gasteiger partial charge in [0, 0.05) is 23.1 Å². The van der Waals surface area contributed by atoms with Gasteiger partial charge in [0.15, 0.2) is 5.65 Å². The molecule has 0 spiro atoms. The Balaban J connectivity index is 1.74. The molecule has 1 N–H and O–H groups in total. The van der Waals surface area contributed by atoms with Gasteiger partial charge in [0.1, 0.15) is 12.1 Å². The third-order valence-corrected chi connectivity index (χ3v) is 5.02. The van der Waals surface area contributed by atoms with Gasteiger partial charge in [-0.2, -0.15) is 0 Å². The van der Waals surface area contributed by atoms with Crippen LogP contribution in [0, 0.1) is 6.92 Å². The first kappa shape index (κ1) is 17.2. The molecule has 0 atom stereocenters. The van der Waals surface area contributed by atoms with Crippen molar-refractivity contribution in [2.24, 2.45) is 0 Å². The van der Waals surface area contributed by atoms with E-state index in [1.807, 2.05) is 24.3 Å². The van der Waals surface area contributed by atoms with E-state index in [0.717, 1.165) is 39.4 Å². The third-order valence-electron chi connectivity index (χ3n) is 5.02. The Morgan fingerprint density at radius 3 is 2.17 bits per heavy atom. The molecule has 0 bridgehead atoms. The summed E-state index contributed by atoms with van der Waals surface area (Å²) in [6.45, 7) is 2.08. The number of aryl methyl sites for hydroxylation is 1. The van der Waals surface area contributed by atoms with Crippen LogP contribution in [0.5, 0.6) is 0 Å². The SMILES string of the molecule is Cc1ccc(Nc2ncnc3c2c(-c2ccccc2)cn3-c2ccccc2)cc1. The van der Waals surface area contributed by atoms with Crippen molar-refractivity contribution in [2.75, 3.05) is 5.32 Å². The van der Waals surface area contributed by atoms with Crippen LogP contribution in [0.2, 0.25) is 0 Å². The highest BCUT2D eigenvalue weighted by Gasteiger charge is 2.17. The summed E-state index contributed by atoms with van der Waals surface area (Å²) < 4.78 is 2.12. The van der Waals surface area contributed by atoms with E-state index in [-0.39, 0.29) is 0 Å². The summed E-state index contributed by atoms with van der Waals surface area (Å²) in [7, 11) is 0. The normalized spacial score (nSPS) is 10.9. The number of anilines is 2. The molecular formula is C25H20N4. The Kier molecular flexibility index (Phi) is 4.30. The summed E-state index contributed by atoms with van der Waals surface area (Å²) in [4.78, 5) is 9.21. The first-order valence-electron chi connectivity index (χ1n) is 9.60. The molecule has 4 nitrogen and oxygen atoms in total. The summed E-state index contributed by atoms with van der Waals surface area (Å²) in [5.74, 6) is 0.799. The highest BCUT2D eigenvalue weighted by Crippen LogP contribution is 2.36. The van der Waals surface area contributed by atoms with Crippen LogP contribution in [0.3, 0.4) is 0 Å². The van der Waals surface area contributed by atoms with Crippen molar-refractivity contribution in [3.63, 3.8) is 0 Å². The number of nitrogens with zero attached hydrogens (tertiary/aromatic N) is 3. The fourth-order valence-corrected chi connectivity index (χ4v) is 3.55. The quantitative estimate of drug-likeness (QED) is 0.410. The first-order chi connectivity index (χ1) is 14.3. The largest absolute Gasteiger partial charge is 0.340 e. The lowest BCUT2D eigenvalue weighted by molar-refractivity contribution is 1.08. The van der Waals surface area contributed by atoms with Gasteiger partial charge < -0.3 is 9.88 Å². The van der Waals surface area contributed by atoms with Crippen LogP contribution in [-0.2, 0) is 0 Å². The minimum Gasteiger partial charge on any atom is -0.340 e. The fourth-order valence-electron chi connectivity index (χ4n) is 3.55. The van der Waals surface area contributed by atoms with E-state index >= 15 is 0 Å². The second kappa shape index (κ2) is 7.24. The molecule has 0 aliphatic carbocycles. The van der Waals surface area contributed by atoms with Crippen molar-refractivity contribution >= 4 is 22.5 Å². The van der Waals surface area contributed by atoms with E-state index in [0.29, 0.717) is 0 Å². The molecule has 3 aromatic carbocycles. The van der Waals surface area contributed by atoms with Crippen molar-refractivity contribution in [3.05, 3.63) is 103 Å². The molecule has 140 valence electrons. The molecule has 0 saturated carbocycles. The molecule has 4 heteroatoms. The van der Waals surface area contributed by atoms with Gasteiger partial charge in [0.25, 0.3) is 0 Å². The number of hydrogen-bond donors (Lipinski definition) is 1. The molecular weight excluding hydrogens is 356 g/mol. The lowest BCUT2D eigenvalue weighted by atomic mass is 10.1. The van der Waals surface area contributed by atoms with E-state index in [2.05, 4.69) is 93.6 Å². The summed E-state index contributed by atoms with van der Waals surface area (Å²) in [5, 5.41) is 4.49. The molecule has 0 saturated heterocycles. The highest BCUT2D eigenvalue weighted by atomic mass is 15.1. The molecule has 5 aromatic rings. The van der Waals surface area contributed by atoms with Crippen molar-refractivity contribution in [1.29, 1.82) is 0 Å². The van der Waals surface area contributed by atoms with Crippen LogP contribution in [-0.4, -0.2) is 14.5 Å². The molecule has 29 heavy (non-hydrogen) atoms. The monoisotopic (exact) mass is 376 g/mol. The van der Waals surface area contributed by atoms with Gasteiger partial charge in [0.05, 0.1) is 5.39 Å². The van der Waals surface area contributed by atoms with Crippen molar-refractivity contribution < 1.29 is 0 Å². The summed E-state index contributed by atoms with van der Waals surface area (Å²) in [6.07, 6.45) is 3.76. The second-order valence-electron chi connectivity index (χ2n) is 7.03. The van der Waals surface area contributed by atoms with Crippen LogP contribution in [0.4, 0.5) is 11.5 Å². The minimum atomic E-state index is 0.799. The molecule has 2 aromatic heterocycles. The van der Waals surface area contributed by atoms with Crippen LogP contribution >= 0.6 is 0 Å². The summed E-state index contributed by atoms with van der Waals surface area (Å²) in [5.41, 5.74) is 6.40. The van der Waals surface area contributed by atoms with E-state index in [1.54, 1.807) is 6.33 Å². The lowest BCUT2D eigenvalue weighted by Crippen LogP contribution is -1.98. The maximum Gasteiger partial charge on any atom is 0.150 e. The first-order valence-corrected chi connectivity index (χ1v) is 9.60. The standard InChI is InChI=1S/C25H20N4/c1-18-12-14-20(15-13-18)28-24-23-22(19-8-4-2-5-9-19)16-29(25(23)27-17-26-24)21-10-6-3-7-11-21/h2-17H,1H3,(H,26,27,28). The maximum absolute atomic E-state index is 4.63. The number of fused-ring (bicyclic) bond motifs is 1. The van der Waals surface area contributed by atoms with E-state index < -0.39 is 0 Å². The van der Waals surface area contributed by atoms with Crippen molar-refractivity contribution in [1.82, 2.24) is 14.5 Å². The zero-order valence-corrected chi connectivity index (χ0v) is 16.1. The average Bonchev–Trinajstić information content (AvgIpc) is 3.17. The van der Waals surface area contributed by atoms with Gasteiger partial charge in [-0.15, -0.1) is 0 Å². The molecule has 2 heterocycles. The van der Waals surface area contributed by atoms with Gasteiger partial charge in [-0.05, 0) is 36.8 Å². The number of benzene rings is 3. The van der Waals surface area contributed by atoms with Crippen LogP contribution in [0.25, 0.3) is 27.8 Å². The van der Waals surface area contributed by atoms with Gasteiger partial charge in [-0.3, -0.25) is 0 Å². The molecule has 5 rings (SSSR count). The average molecular weight is 376 g/mol. The maximum atomic E-state index is 4.63. The number of nitrogens with one attached hydrogen (secondary N) is 1. The molecule has 0 radical (unpaired) electrons. The predicted molar refractivity (Wildman–Crippen MR) is 119 cm³/mol. The number of rotatable bonds is 4. The predicted octanol–water partition coefficient (Wildman–Crippen LogP) is 6.14. The zero-order chi connectivity index (χ0) is 19.6. The number of aromatic nitrogens is 3. The Hall–Kier alpha value is -3.92. The Bertz CT molecular complexity index is 1260. The summed E-state index contributed by atoms with van der Waals surface area (Å²) >= 11 is 0. The van der Waals surface area contributed by atoms with Crippen LogP contribution < -0.4 is 5.32 Å². The van der Waals surface area contributed by atoms with E-state index in [9.17, 15) is 0 Å². The zero-order valence-electron chi connectivity index (χ0n) is 16.1. The Labute approximate surface area is 169 Å². The smallest absolute Gasteiger partial charge is 0.150 e. The number of para-hydroxylation sites is 1. The second-order valence-corrected chi connectivity index (χ2v) is 7.03. The van der Waals surface area contributed by atoms with Crippen molar-refractivity contribution in [2.45, 2.75) is 6.92 Å².